The van der Waals surface area contributed by atoms with E-state index in [-0.39, 0.29) is 36.7 Å². The third kappa shape index (κ3) is 7.16. The first-order valence-corrected chi connectivity index (χ1v) is 13.9. The second-order valence-electron chi connectivity index (χ2n) is 11.4. The number of rotatable bonds is 11. The number of aryl methyl sites for hydroxylation is 1. The van der Waals surface area contributed by atoms with E-state index in [1.165, 1.54) is 34.5 Å². The summed E-state index contributed by atoms with van der Waals surface area (Å²) in [6, 6.07) is 6.98. The van der Waals surface area contributed by atoms with Crippen LogP contribution in [0.1, 0.15) is 103 Å². The lowest BCUT2D eigenvalue weighted by atomic mass is 9.63. The smallest absolute Gasteiger partial charge is 0.225 e. The predicted molar refractivity (Wildman–Crippen MR) is 150 cm³/mol. The van der Waals surface area contributed by atoms with Gasteiger partial charge in [0.15, 0.2) is 0 Å². The average molecular weight is 501 g/mol. The molecule has 1 atom stereocenters. The molecule has 1 amide bonds. The number of benzene rings is 1. The van der Waals surface area contributed by atoms with Gasteiger partial charge in [-0.1, -0.05) is 67.0 Å². The van der Waals surface area contributed by atoms with Crippen LogP contribution in [0, 0.1) is 5.92 Å². The first-order chi connectivity index (χ1) is 16.1. The number of hydrogen-bond donors (Lipinski definition) is 1. The Balaban J connectivity index is 0.00000432. The average Bonchev–Trinajstić information content (AvgIpc) is 3.27. The summed E-state index contributed by atoms with van der Waals surface area (Å²) >= 11 is 1.75. The molecule has 0 bridgehead atoms. The molecular formula is C30H48N2O2S. The number of aliphatic hydroxyl groups is 1. The van der Waals surface area contributed by atoms with E-state index < -0.39 is 0 Å². The Morgan fingerprint density at radius 3 is 2.46 bits per heavy atom. The SMILES string of the molecule is C.CCCC(CCCCc1nc(-c2ccc3c(c2)C(C)(C)CCC3(C)C)cs1)C(=O)N(C)CCO. The molecule has 0 spiro atoms. The number of likely N-dealkylation sites (N-methyl/N-ethyl adjacent to an activating group) is 1. The molecule has 1 N–H and O–H groups in total. The lowest BCUT2D eigenvalue weighted by Gasteiger charge is -2.42. The van der Waals surface area contributed by atoms with Gasteiger partial charge in [-0.05, 0) is 66.5 Å². The lowest BCUT2D eigenvalue weighted by molar-refractivity contribution is -0.135. The number of hydrogen-bond acceptors (Lipinski definition) is 4. The number of carbonyl (C=O) groups excluding carboxylic acids is 1. The van der Waals surface area contributed by atoms with Crippen LogP contribution >= 0.6 is 11.3 Å². The van der Waals surface area contributed by atoms with E-state index in [1.807, 2.05) is 0 Å². The summed E-state index contributed by atoms with van der Waals surface area (Å²) in [5.41, 5.74) is 5.73. The molecule has 35 heavy (non-hydrogen) atoms. The topological polar surface area (TPSA) is 53.4 Å². The van der Waals surface area contributed by atoms with Gasteiger partial charge in [-0.3, -0.25) is 4.79 Å². The molecule has 1 aromatic heterocycles. The number of carbonyl (C=O) groups is 1. The van der Waals surface area contributed by atoms with Gasteiger partial charge in [-0.25, -0.2) is 4.98 Å². The van der Waals surface area contributed by atoms with Gasteiger partial charge in [-0.2, -0.15) is 0 Å². The molecular weight excluding hydrogens is 452 g/mol. The van der Waals surface area contributed by atoms with Gasteiger partial charge >= 0.3 is 0 Å². The van der Waals surface area contributed by atoms with E-state index >= 15 is 0 Å². The van der Waals surface area contributed by atoms with Crippen molar-refractivity contribution < 1.29 is 9.90 Å². The fourth-order valence-corrected chi connectivity index (χ4v) is 6.13. The number of amides is 1. The summed E-state index contributed by atoms with van der Waals surface area (Å²) < 4.78 is 0. The Labute approximate surface area is 218 Å². The fraction of sp³-hybridized carbons (Fsp3) is 0.667. The lowest BCUT2D eigenvalue weighted by Crippen LogP contribution is -2.35. The van der Waals surface area contributed by atoms with Crippen LogP contribution in [0.4, 0.5) is 0 Å². The molecule has 196 valence electrons. The van der Waals surface area contributed by atoms with E-state index in [1.54, 1.807) is 23.3 Å². The Morgan fingerprint density at radius 2 is 1.80 bits per heavy atom. The molecule has 5 heteroatoms. The second kappa shape index (κ2) is 12.5. The first-order valence-electron chi connectivity index (χ1n) is 13.0. The summed E-state index contributed by atoms with van der Waals surface area (Å²) in [5.74, 6) is 0.238. The van der Waals surface area contributed by atoms with E-state index in [9.17, 15) is 4.79 Å². The molecule has 3 rings (SSSR count). The molecule has 1 unspecified atom stereocenters. The van der Waals surface area contributed by atoms with Crippen LogP contribution in [0.25, 0.3) is 11.3 Å². The van der Waals surface area contributed by atoms with Crippen LogP contribution in [0.5, 0.6) is 0 Å². The van der Waals surface area contributed by atoms with Crippen molar-refractivity contribution in [3.8, 4) is 11.3 Å². The van der Waals surface area contributed by atoms with Crippen molar-refractivity contribution in [3.05, 3.63) is 39.7 Å². The summed E-state index contributed by atoms with van der Waals surface area (Å²) in [6.07, 6.45) is 8.33. The van der Waals surface area contributed by atoms with E-state index in [0.29, 0.717) is 6.54 Å². The van der Waals surface area contributed by atoms with Crippen molar-refractivity contribution in [1.82, 2.24) is 9.88 Å². The predicted octanol–water partition coefficient (Wildman–Crippen LogP) is 7.38. The minimum atomic E-state index is 0. The van der Waals surface area contributed by atoms with Crippen molar-refractivity contribution in [2.75, 3.05) is 20.2 Å². The number of aromatic nitrogens is 1. The second-order valence-corrected chi connectivity index (χ2v) is 12.3. The molecule has 1 aromatic carbocycles. The van der Waals surface area contributed by atoms with Crippen molar-refractivity contribution in [2.24, 2.45) is 5.92 Å². The standard InChI is InChI=1S/C29H44N2O2S.CH4/c1-7-10-21(27(33)31(6)17-18-32)11-8-9-12-26-30-25(20-34-26)22-13-14-23-24(19-22)29(4,5)16-15-28(23,2)3;/h13-14,19-21,32H,7-12,15-18H2,1-6H3;1H4. The highest BCUT2D eigenvalue weighted by Crippen LogP contribution is 2.46. The minimum Gasteiger partial charge on any atom is -0.395 e. The highest BCUT2D eigenvalue weighted by atomic mass is 32.1. The minimum absolute atomic E-state index is 0. The zero-order valence-corrected chi connectivity index (χ0v) is 22.9. The van der Waals surface area contributed by atoms with Gasteiger partial charge < -0.3 is 10.0 Å². The summed E-state index contributed by atoms with van der Waals surface area (Å²) in [6.45, 7) is 12.0. The molecule has 1 aliphatic carbocycles. The highest BCUT2D eigenvalue weighted by Gasteiger charge is 2.37. The molecule has 0 aliphatic heterocycles. The number of aliphatic hydroxyl groups excluding tert-OH is 1. The molecule has 0 saturated carbocycles. The summed E-state index contributed by atoms with van der Waals surface area (Å²) in [7, 11) is 1.79. The number of unbranched alkanes of at least 4 members (excludes halogenated alkanes) is 1. The molecule has 0 saturated heterocycles. The van der Waals surface area contributed by atoms with Crippen LogP contribution in [0.15, 0.2) is 23.6 Å². The largest absolute Gasteiger partial charge is 0.395 e. The Hall–Kier alpha value is -1.72. The molecule has 1 heterocycles. The zero-order valence-electron chi connectivity index (χ0n) is 22.1. The Bertz CT molecular complexity index is 963. The summed E-state index contributed by atoms with van der Waals surface area (Å²) in [5, 5.41) is 12.5. The van der Waals surface area contributed by atoms with Crippen molar-refractivity contribution in [3.63, 3.8) is 0 Å². The monoisotopic (exact) mass is 500 g/mol. The quantitative estimate of drug-likeness (QED) is 0.328. The van der Waals surface area contributed by atoms with Crippen molar-refractivity contribution >= 4 is 17.2 Å². The maximum absolute atomic E-state index is 12.6. The number of nitrogens with zero attached hydrogens (tertiary/aromatic N) is 2. The third-order valence-electron chi connectivity index (χ3n) is 7.69. The molecule has 0 fully saturated rings. The van der Waals surface area contributed by atoms with Gasteiger partial charge in [0.25, 0.3) is 0 Å². The number of fused-ring (bicyclic) bond motifs is 1. The van der Waals surface area contributed by atoms with Crippen LogP contribution in [0.3, 0.4) is 0 Å². The van der Waals surface area contributed by atoms with E-state index in [2.05, 4.69) is 58.2 Å². The van der Waals surface area contributed by atoms with Gasteiger partial charge in [0.1, 0.15) is 0 Å². The Kier molecular flexibility index (Phi) is 10.5. The molecule has 4 nitrogen and oxygen atoms in total. The van der Waals surface area contributed by atoms with Crippen molar-refractivity contribution in [2.45, 2.75) is 104 Å². The molecule has 2 aromatic rings. The molecule has 1 aliphatic rings. The van der Waals surface area contributed by atoms with Gasteiger partial charge in [0, 0.05) is 30.5 Å². The van der Waals surface area contributed by atoms with Gasteiger partial charge in [0.2, 0.25) is 5.91 Å². The first kappa shape index (κ1) is 29.5. The molecule has 0 radical (unpaired) electrons. The number of thiazole rings is 1. The van der Waals surface area contributed by atoms with Crippen LogP contribution < -0.4 is 0 Å². The van der Waals surface area contributed by atoms with Crippen LogP contribution in [-0.4, -0.2) is 41.1 Å². The zero-order chi connectivity index (χ0) is 24.9. The summed E-state index contributed by atoms with van der Waals surface area (Å²) in [4.78, 5) is 19.3. The maximum Gasteiger partial charge on any atom is 0.225 e. The Morgan fingerprint density at radius 1 is 1.11 bits per heavy atom. The van der Waals surface area contributed by atoms with Crippen LogP contribution in [0.2, 0.25) is 0 Å². The van der Waals surface area contributed by atoms with Crippen LogP contribution in [-0.2, 0) is 22.0 Å². The normalized spacial score (nSPS) is 16.8. The van der Waals surface area contributed by atoms with E-state index in [4.69, 9.17) is 10.1 Å². The van der Waals surface area contributed by atoms with Crippen molar-refractivity contribution in [1.29, 1.82) is 0 Å². The van der Waals surface area contributed by atoms with Gasteiger partial charge in [0.05, 0.1) is 17.3 Å². The maximum atomic E-state index is 12.6. The highest BCUT2D eigenvalue weighted by molar-refractivity contribution is 7.09. The third-order valence-corrected chi connectivity index (χ3v) is 8.60. The van der Waals surface area contributed by atoms with E-state index in [0.717, 1.165) is 44.2 Å². The van der Waals surface area contributed by atoms with Gasteiger partial charge in [-0.15, -0.1) is 11.3 Å². The fourth-order valence-electron chi connectivity index (χ4n) is 5.28.